The molecule has 0 aromatic heterocycles. The summed E-state index contributed by atoms with van der Waals surface area (Å²) in [6.45, 7) is 7.33. The highest BCUT2D eigenvalue weighted by atomic mass is 35.5. The van der Waals surface area contributed by atoms with E-state index in [9.17, 15) is 18.0 Å². The molecule has 0 spiro atoms. The Kier molecular flexibility index (Phi) is 11.0. The summed E-state index contributed by atoms with van der Waals surface area (Å²) in [5.41, 5.74) is 0.910. The van der Waals surface area contributed by atoms with Crippen LogP contribution in [0.5, 0.6) is 5.75 Å². The fourth-order valence-electron chi connectivity index (χ4n) is 3.71. The zero-order valence-electron chi connectivity index (χ0n) is 21.5. The molecule has 0 aliphatic heterocycles. The molecule has 2 aromatic carbocycles. The van der Waals surface area contributed by atoms with Gasteiger partial charge < -0.3 is 15.0 Å². The number of para-hydroxylation sites is 2. The number of nitrogens with one attached hydrogen (secondary N) is 1. The van der Waals surface area contributed by atoms with Gasteiger partial charge in [0.25, 0.3) is 0 Å². The third-order valence-electron chi connectivity index (χ3n) is 5.80. The minimum absolute atomic E-state index is 0.0512. The quantitative estimate of drug-likeness (QED) is 0.412. The third-order valence-corrected chi connectivity index (χ3v) is 7.29. The summed E-state index contributed by atoms with van der Waals surface area (Å²) in [7, 11) is -3.86. The van der Waals surface area contributed by atoms with Crippen LogP contribution in [0.1, 0.15) is 46.1 Å². The molecule has 0 radical (unpaired) electrons. The Morgan fingerprint density at radius 3 is 2.25 bits per heavy atom. The zero-order chi connectivity index (χ0) is 26.9. The first-order valence-electron chi connectivity index (χ1n) is 12.1. The topological polar surface area (TPSA) is 96.0 Å². The first-order valence-corrected chi connectivity index (χ1v) is 14.3. The number of nitrogens with zero attached hydrogens (tertiary/aromatic N) is 2. The van der Waals surface area contributed by atoms with Gasteiger partial charge in [-0.3, -0.25) is 13.9 Å². The first kappa shape index (κ1) is 29.5. The van der Waals surface area contributed by atoms with E-state index in [1.165, 1.54) is 4.90 Å². The lowest BCUT2D eigenvalue weighted by Gasteiger charge is -2.33. The van der Waals surface area contributed by atoms with Gasteiger partial charge in [-0.15, -0.1) is 0 Å². The smallest absolute Gasteiger partial charge is 0.244 e. The fourth-order valence-corrected chi connectivity index (χ4v) is 4.75. The van der Waals surface area contributed by atoms with E-state index in [0.717, 1.165) is 17.0 Å². The Hall–Kier alpha value is -2.78. The second-order valence-corrected chi connectivity index (χ2v) is 10.8. The summed E-state index contributed by atoms with van der Waals surface area (Å²) >= 11 is 6.38. The van der Waals surface area contributed by atoms with Gasteiger partial charge in [-0.1, -0.05) is 55.8 Å². The van der Waals surface area contributed by atoms with Gasteiger partial charge in [0.15, 0.2) is 0 Å². The van der Waals surface area contributed by atoms with E-state index in [4.69, 9.17) is 16.3 Å². The van der Waals surface area contributed by atoms with E-state index in [1.807, 2.05) is 20.8 Å². The number of amides is 2. The van der Waals surface area contributed by atoms with Crippen molar-refractivity contribution in [1.82, 2.24) is 10.2 Å². The molecule has 8 nitrogen and oxygen atoms in total. The van der Waals surface area contributed by atoms with E-state index in [0.29, 0.717) is 29.4 Å². The molecule has 2 aromatic rings. The number of benzene rings is 2. The predicted molar refractivity (Wildman–Crippen MR) is 144 cm³/mol. The van der Waals surface area contributed by atoms with Crippen molar-refractivity contribution in [3.05, 3.63) is 59.1 Å². The molecule has 2 atom stereocenters. The van der Waals surface area contributed by atoms with E-state index in [-0.39, 0.29) is 24.2 Å². The number of rotatable bonds is 13. The van der Waals surface area contributed by atoms with Crippen molar-refractivity contribution in [2.45, 2.75) is 59.2 Å². The van der Waals surface area contributed by atoms with Gasteiger partial charge in [-0.05, 0) is 50.5 Å². The average Bonchev–Trinajstić information content (AvgIpc) is 2.83. The number of hydrogen-bond acceptors (Lipinski definition) is 5. The molecule has 0 fully saturated rings. The van der Waals surface area contributed by atoms with Crippen molar-refractivity contribution in [3.63, 3.8) is 0 Å². The summed E-state index contributed by atoms with van der Waals surface area (Å²) in [6, 6.07) is 12.8. The SMILES string of the molecule is CCOc1ccccc1N(CC(=O)N(Cc1ccccc1Cl)[C@H](CC)C(=O)N[C@@H](C)CC)S(C)(=O)=O. The van der Waals surface area contributed by atoms with Crippen LogP contribution in [-0.2, 0) is 26.2 Å². The van der Waals surface area contributed by atoms with Crippen LogP contribution in [0.15, 0.2) is 48.5 Å². The average molecular weight is 538 g/mol. The maximum atomic E-state index is 13.8. The summed E-state index contributed by atoms with van der Waals surface area (Å²) in [4.78, 5) is 28.3. The Labute approximate surface area is 219 Å². The maximum absolute atomic E-state index is 13.8. The number of anilines is 1. The fraction of sp³-hybridized carbons (Fsp3) is 0.462. The molecular weight excluding hydrogens is 502 g/mol. The van der Waals surface area contributed by atoms with Gasteiger partial charge in [0.1, 0.15) is 18.3 Å². The molecule has 0 saturated carbocycles. The minimum atomic E-state index is -3.86. The predicted octanol–water partition coefficient (Wildman–Crippen LogP) is 4.23. The number of hydrogen-bond donors (Lipinski definition) is 1. The van der Waals surface area contributed by atoms with Crippen molar-refractivity contribution in [3.8, 4) is 5.75 Å². The summed E-state index contributed by atoms with van der Waals surface area (Å²) in [6.07, 6.45) is 2.11. The lowest BCUT2D eigenvalue weighted by atomic mass is 10.1. The number of ether oxygens (including phenoxy) is 1. The summed E-state index contributed by atoms with van der Waals surface area (Å²) in [5, 5.41) is 3.39. The molecule has 0 unspecified atom stereocenters. The first-order chi connectivity index (χ1) is 17.0. The molecular formula is C26H36ClN3O5S. The van der Waals surface area contributed by atoms with Crippen molar-refractivity contribution in [2.24, 2.45) is 0 Å². The van der Waals surface area contributed by atoms with Gasteiger partial charge in [0.2, 0.25) is 21.8 Å². The van der Waals surface area contributed by atoms with Crippen molar-refractivity contribution in [1.29, 1.82) is 0 Å². The lowest BCUT2D eigenvalue weighted by molar-refractivity contribution is -0.140. The van der Waals surface area contributed by atoms with Gasteiger partial charge >= 0.3 is 0 Å². The molecule has 0 heterocycles. The normalized spacial score (nSPS) is 12.9. The Bertz CT molecular complexity index is 1140. The van der Waals surface area contributed by atoms with Crippen LogP contribution in [-0.4, -0.2) is 56.6 Å². The molecule has 1 N–H and O–H groups in total. The lowest BCUT2D eigenvalue weighted by Crippen LogP contribution is -2.53. The van der Waals surface area contributed by atoms with E-state index in [2.05, 4.69) is 5.32 Å². The van der Waals surface area contributed by atoms with Crippen molar-refractivity contribution >= 4 is 39.1 Å². The van der Waals surface area contributed by atoms with E-state index < -0.39 is 28.5 Å². The van der Waals surface area contributed by atoms with Gasteiger partial charge in [0.05, 0.1) is 18.6 Å². The van der Waals surface area contributed by atoms with Gasteiger partial charge in [0, 0.05) is 17.6 Å². The highest BCUT2D eigenvalue weighted by Crippen LogP contribution is 2.30. The monoisotopic (exact) mass is 537 g/mol. The molecule has 2 rings (SSSR count). The van der Waals surface area contributed by atoms with Crippen molar-refractivity contribution < 1.29 is 22.7 Å². The molecule has 2 amide bonds. The molecule has 0 saturated heterocycles. The number of halogens is 1. The van der Waals surface area contributed by atoms with Crippen LogP contribution >= 0.6 is 11.6 Å². The maximum Gasteiger partial charge on any atom is 0.244 e. The van der Waals surface area contributed by atoms with Crippen LogP contribution in [0.3, 0.4) is 0 Å². The largest absolute Gasteiger partial charge is 0.492 e. The Morgan fingerprint density at radius 1 is 1.03 bits per heavy atom. The number of carbonyl (C=O) groups excluding carboxylic acids is 2. The van der Waals surface area contributed by atoms with Gasteiger partial charge in [-0.25, -0.2) is 8.42 Å². The highest BCUT2D eigenvalue weighted by Gasteiger charge is 2.33. The van der Waals surface area contributed by atoms with Crippen LogP contribution in [0.25, 0.3) is 0 Å². The van der Waals surface area contributed by atoms with E-state index in [1.54, 1.807) is 55.5 Å². The van der Waals surface area contributed by atoms with Crippen LogP contribution in [0.2, 0.25) is 5.02 Å². The highest BCUT2D eigenvalue weighted by molar-refractivity contribution is 7.92. The third kappa shape index (κ3) is 7.86. The molecule has 198 valence electrons. The summed E-state index contributed by atoms with van der Waals surface area (Å²) < 4.78 is 32.3. The number of sulfonamides is 1. The molecule has 0 bridgehead atoms. The molecule has 36 heavy (non-hydrogen) atoms. The van der Waals surface area contributed by atoms with Crippen LogP contribution in [0, 0.1) is 0 Å². The zero-order valence-corrected chi connectivity index (χ0v) is 23.1. The minimum Gasteiger partial charge on any atom is -0.492 e. The summed E-state index contributed by atoms with van der Waals surface area (Å²) in [5.74, 6) is -0.483. The van der Waals surface area contributed by atoms with Crippen LogP contribution in [0.4, 0.5) is 5.69 Å². The molecule has 10 heteroatoms. The standard InChI is InChI=1S/C26H36ClN3O5S/c1-6-19(4)28-26(32)22(7-2)29(17-20-13-9-10-14-21(20)27)25(31)18-30(36(5,33)34)23-15-11-12-16-24(23)35-8-3/h9-16,19,22H,6-8,17-18H2,1-5H3,(H,28,32)/t19-,22+/m0/s1. The van der Waals surface area contributed by atoms with Gasteiger partial charge in [-0.2, -0.15) is 0 Å². The second-order valence-electron chi connectivity index (χ2n) is 8.53. The Balaban J connectivity index is 2.50. The molecule has 0 aliphatic rings. The van der Waals surface area contributed by atoms with Crippen molar-refractivity contribution in [2.75, 3.05) is 23.7 Å². The second kappa shape index (κ2) is 13.5. The molecule has 0 aliphatic carbocycles. The number of carbonyl (C=O) groups is 2. The van der Waals surface area contributed by atoms with Crippen LogP contribution < -0.4 is 14.4 Å². The van der Waals surface area contributed by atoms with E-state index >= 15 is 0 Å². The Morgan fingerprint density at radius 2 is 1.67 bits per heavy atom.